The molecule has 2 heterocycles. The Labute approximate surface area is 165 Å². The summed E-state index contributed by atoms with van der Waals surface area (Å²) in [5, 5.41) is 2.13. The number of sulfonamides is 1. The van der Waals surface area contributed by atoms with Crippen LogP contribution in [0.4, 0.5) is 0 Å². The second-order valence-corrected chi connectivity index (χ2v) is 9.26. The van der Waals surface area contributed by atoms with Gasteiger partial charge in [-0.3, -0.25) is 0 Å². The SMILES string of the molecule is COc1ccc(OC)c(S(=O)(=O)NCCN2CCC(c3cccs3)CC2)c1. The highest BCUT2D eigenvalue weighted by molar-refractivity contribution is 7.89. The van der Waals surface area contributed by atoms with E-state index in [0.29, 0.717) is 30.5 Å². The molecule has 6 nitrogen and oxygen atoms in total. The molecule has 1 N–H and O–H groups in total. The number of rotatable bonds is 8. The van der Waals surface area contributed by atoms with Gasteiger partial charge in [0.15, 0.2) is 0 Å². The summed E-state index contributed by atoms with van der Waals surface area (Å²) < 4.78 is 38.3. The van der Waals surface area contributed by atoms with Crippen LogP contribution in [0.2, 0.25) is 0 Å². The molecule has 3 rings (SSSR count). The van der Waals surface area contributed by atoms with Gasteiger partial charge in [0.25, 0.3) is 0 Å². The van der Waals surface area contributed by atoms with Crippen molar-refractivity contribution >= 4 is 21.4 Å². The van der Waals surface area contributed by atoms with Gasteiger partial charge in [-0.25, -0.2) is 13.1 Å². The Morgan fingerprint density at radius 2 is 1.96 bits per heavy atom. The molecule has 0 unspecified atom stereocenters. The predicted molar refractivity (Wildman–Crippen MR) is 107 cm³/mol. The number of likely N-dealkylation sites (tertiary alicyclic amines) is 1. The zero-order chi connectivity index (χ0) is 19.3. The molecule has 1 aliphatic rings. The van der Waals surface area contributed by atoms with Crippen LogP contribution in [0.3, 0.4) is 0 Å². The lowest BCUT2D eigenvalue weighted by molar-refractivity contribution is 0.217. The Morgan fingerprint density at radius 3 is 2.59 bits per heavy atom. The molecule has 148 valence electrons. The first-order chi connectivity index (χ1) is 13.0. The third kappa shape index (κ3) is 5.01. The predicted octanol–water partition coefficient (Wildman–Crippen LogP) is 2.92. The molecule has 1 aromatic carbocycles. The second-order valence-electron chi connectivity index (χ2n) is 6.55. The minimum atomic E-state index is -3.66. The van der Waals surface area contributed by atoms with E-state index in [-0.39, 0.29) is 4.90 Å². The Balaban J connectivity index is 1.53. The maximum Gasteiger partial charge on any atom is 0.244 e. The number of thiophene rings is 1. The number of hydrogen-bond acceptors (Lipinski definition) is 6. The lowest BCUT2D eigenvalue weighted by atomic mass is 9.95. The normalized spacial score (nSPS) is 16.4. The van der Waals surface area contributed by atoms with Crippen molar-refractivity contribution in [2.45, 2.75) is 23.7 Å². The number of nitrogens with zero attached hydrogens (tertiary/aromatic N) is 1. The van der Waals surface area contributed by atoms with Gasteiger partial charge < -0.3 is 14.4 Å². The second kappa shape index (κ2) is 9.05. The monoisotopic (exact) mass is 410 g/mol. The van der Waals surface area contributed by atoms with E-state index in [1.165, 1.54) is 25.2 Å². The molecule has 1 aliphatic heterocycles. The number of hydrogen-bond donors (Lipinski definition) is 1. The standard InChI is InChI=1S/C19H26N2O4S2/c1-24-16-5-6-17(25-2)19(14-16)27(22,23)20-9-12-21-10-7-15(8-11-21)18-4-3-13-26-18/h3-6,13-15,20H,7-12H2,1-2H3. The third-order valence-electron chi connectivity index (χ3n) is 4.91. The molecule has 1 saturated heterocycles. The van der Waals surface area contributed by atoms with Crippen LogP contribution in [0.5, 0.6) is 11.5 Å². The molecular weight excluding hydrogens is 384 g/mol. The number of nitrogens with one attached hydrogen (secondary N) is 1. The highest BCUT2D eigenvalue weighted by atomic mass is 32.2. The fourth-order valence-electron chi connectivity index (χ4n) is 3.37. The molecule has 0 bridgehead atoms. The van der Waals surface area contributed by atoms with Crippen molar-refractivity contribution in [1.82, 2.24) is 9.62 Å². The van der Waals surface area contributed by atoms with Gasteiger partial charge in [0.05, 0.1) is 14.2 Å². The van der Waals surface area contributed by atoms with E-state index in [1.54, 1.807) is 12.1 Å². The summed E-state index contributed by atoms with van der Waals surface area (Å²) in [6.07, 6.45) is 2.24. The summed E-state index contributed by atoms with van der Waals surface area (Å²) in [6, 6.07) is 9.07. The van der Waals surface area contributed by atoms with Crippen molar-refractivity contribution in [3.63, 3.8) is 0 Å². The fraction of sp³-hybridized carbons (Fsp3) is 0.474. The summed E-state index contributed by atoms with van der Waals surface area (Å²) in [4.78, 5) is 3.87. The Bertz CT molecular complexity index is 829. The molecule has 1 fully saturated rings. The lowest BCUT2D eigenvalue weighted by Gasteiger charge is -2.31. The van der Waals surface area contributed by atoms with Crippen molar-refractivity contribution in [3.8, 4) is 11.5 Å². The van der Waals surface area contributed by atoms with Crippen molar-refractivity contribution in [3.05, 3.63) is 40.6 Å². The van der Waals surface area contributed by atoms with Gasteiger partial charge in [-0.05, 0) is 55.4 Å². The van der Waals surface area contributed by atoms with Crippen molar-refractivity contribution < 1.29 is 17.9 Å². The molecule has 27 heavy (non-hydrogen) atoms. The van der Waals surface area contributed by atoms with E-state index in [2.05, 4.69) is 27.1 Å². The molecule has 2 aromatic rings. The van der Waals surface area contributed by atoms with E-state index >= 15 is 0 Å². The first kappa shape index (κ1) is 20.1. The minimum absolute atomic E-state index is 0.0979. The maximum absolute atomic E-state index is 12.7. The Morgan fingerprint density at radius 1 is 1.19 bits per heavy atom. The van der Waals surface area contributed by atoms with Gasteiger partial charge >= 0.3 is 0 Å². The Hall–Kier alpha value is -1.61. The molecule has 0 spiro atoms. The molecule has 0 amide bonds. The third-order valence-corrected chi connectivity index (χ3v) is 7.43. The van der Waals surface area contributed by atoms with Gasteiger partial charge in [-0.15, -0.1) is 11.3 Å². The van der Waals surface area contributed by atoms with Gasteiger partial charge in [-0.1, -0.05) is 6.07 Å². The quantitative estimate of drug-likeness (QED) is 0.725. The average Bonchev–Trinajstić information content (AvgIpc) is 3.22. The van der Waals surface area contributed by atoms with Crippen LogP contribution >= 0.6 is 11.3 Å². The molecule has 8 heteroatoms. The van der Waals surface area contributed by atoms with Gasteiger partial charge in [0.2, 0.25) is 10.0 Å². The summed E-state index contributed by atoms with van der Waals surface area (Å²) in [6.45, 7) is 3.05. The molecule has 1 aromatic heterocycles. The van der Waals surface area contributed by atoms with Gasteiger partial charge in [0.1, 0.15) is 16.4 Å². The summed E-state index contributed by atoms with van der Waals surface area (Å²) in [5.41, 5.74) is 0. The van der Waals surface area contributed by atoms with Crippen LogP contribution < -0.4 is 14.2 Å². The molecule has 0 saturated carbocycles. The van der Waals surface area contributed by atoms with Crippen molar-refractivity contribution in [2.75, 3.05) is 40.4 Å². The van der Waals surface area contributed by atoms with Crippen LogP contribution in [0.1, 0.15) is 23.6 Å². The van der Waals surface area contributed by atoms with E-state index in [4.69, 9.17) is 9.47 Å². The van der Waals surface area contributed by atoms with Crippen LogP contribution in [0.15, 0.2) is 40.6 Å². The Kier molecular flexibility index (Phi) is 6.75. The van der Waals surface area contributed by atoms with E-state index in [0.717, 1.165) is 25.9 Å². The summed E-state index contributed by atoms with van der Waals surface area (Å²) in [7, 11) is -0.700. The highest BCUT2D eigenvalue weighted by Gasteiger charge is 2.23. The summed E-state index contributed by atoms with van der Waals surface area (Å²) in [5.74, 6) is 1.42. The highest BCUT2D eigenvalue weighted by Crippen LogP contribution is 2.31. The smallest absolute Gasteiger partial charge is 0.244 e. The van der Waals surface area contributed by atoms with Crippen LogP contribution in [0, 0.1) is 0 Å². The topological polar surface area (TPSA) is 67.9 Å². The van der Waals surface area contributed by atoms with Crippen LogP contribution in [-0.2, 0) is 10.0 Å². The van der Waals surface area contributed by atoms with Gasteiger partial charge in [-0.2, -0.15) is 0 Å². The fourth-order valence-corrected chi connectivity index (χ4v) is 5.48. The molecular formula is C19H26N2O4S2. The van der Waals surface area contributed by atoms with Crippen LogP contribution in [0.25, 0.3) is 0 Å². The maximum atomic E-state index is 12.7. The minimum Gasteiger partial charge on any atom is -0.497 e. The molecule has 0 atom stereocenters. The molecule has 0 aliphatic carbocycles. The molecule has 0 radical (unpaired) electrons. The number of ether oxygens (including phenoxy) is 2. The zero-order valence-corrected chi connectivity index (χ0v) is 17.3. The van der Waals surface area contributed by atoms with E-state index in [9.17, 15) is 8.42 Å². The van der Waals surface area contributed by atoms with Crippen molar-refractivity contribution in [1.29, 1.82) is 0 Å². The number of benzene rings is 1. The zero-order valence-electron chi connectivity index (χ0n) is 15.7. The van der Waals surface area contributed by atoms with Gasteiger partial charge in [0, 0.05) is 24.0 Å². The number of methoxy groups -OCH3 is 2. The first-order valence-electron chi connectivity index (χ1n) is 9.01. The lowest BCUT2D eigenvalue weighted by Crippen LogP contribution is -2.39. The van der Waals surface area contributed by atoms with E-state index in [1.807, 2.05) is 11.3 Å². The number of piperidine rings is 1. The van der Waals surface area contributed by atoms with Crippen LogP contribution in [-0.4, -0.2) is 53.7 Å². The largest absolute Gasteiger partial charge is 0.497 e. The average molecular weight is 411 g/mol. The first-order valence-corrected chi connectivity index (χ1v) is 11.4. The van der Waals surface area contributed by atoms with E-state index < -0.39 is 10.0 Å². The van der Waals surface area contributed by atoms with Crippen molar-refractivity contribution in [2.24, 2.45) is 0 Å². The summed E-state index contributed by atoms with van der Waals surface area (Å²) >= 11 is 1.82.